The molecule has 1 saturated heterocycles. The van der Waals surface area contributed by atoms with Gasteiger partial charge in [0.2, 0.25) is 0 Å². The number of amides is 1. The molecule has 0 spiro atoms. The molecular formula is C22H29N3O5S. The zero-order valence-electron chi connectivity index (χ0n) is 18.2. The van der Waals surface area contributed by atoms with Gasteiger partial charge in [0.1, 0.15) is 5.69 Å². The minimum Gasteiger partial charge on any atom is -0.461 e. The fourth-order valence-corrected chi connectivity index (χ4v) is 4.41. The van der Waals surface area contributed by atoms with Crippen molar-refractivity contribution in [3.63, 3.8) is 0 Å². The number of aryl methyl sites for hydroxylation is 1. The number of H-pyrrole nitrogens is 1. The van der Waals surface area contributed by atoms with Crippen LogP contribution in [0.4, 0.5) is 0 Å². The Morgan fingerprint density at radius 2 is 2.00 bits per heavy atom. The highest BCUT2D eigenvalue weighted by atomic mass is 32.1. The summed E-state index contributed by atoms with van der Waals surface area (Å²) in [4.78, 5) is 45.9. The number of aromatic nitrogens is 1. The molecule has 8 nitrogen and oxygen atoms in total. The Morgan fingerprint density at radius 1 is 1.26 bits per heavy atom. The van der Waals surface area contributed by atoms with Crippen LogP contribution in [0.2, 0.25) is 0 Å². The van der Waals surface area contributed by atoms with E-state index in [0.717, 1.165) is 13.1 Å². The highest BCUT2D eigenvalue weighted by molar-refractivity contribution is 7.12. The van der Waals surface area contributed by atoms with Crippen LogP contribution in [0.3, 0.4) is 0 Å². The molecule has 2 aromatic rings. The number of aromatic amines is 1. The van der Waals surface area contributed by atoms with Crippen LogP contribution in [-0.2, 0) is 9.47 Å². The first-order valence-electron chi connectivity index (χ1n) is 10.4. The molecule has 0 bridgehead atoms. The molecule has 0 saturated carbocycles. The second kappa shape index (κ2) is 10.7. The minimum atomic E-state index is -0.485. The molecular weight excluding hydrogens is 418 g/mol. The average Bonchev–Trinajstić information content (AvgIpc) is 3.39. The van der Waals surface area contributed by atoms with Crippen LogP contribution >= 0.6 is 11.3 Å². The monoisotopic (exact) mass is 447 g/mol. The van der Waals surface area contributed by atoms with E-state index in [1.807, 2.05) is 11.4 Å². The van der Waals surface area contributed by atoms with Gasteiger partial charge in [-0.05, 0) is 37.8 Å². The van der Waals surface area contributed by atoms with Crippen LogP contribution in [0.5, 0.6) is 0 Å². The zero-order valence-corrected chi connectivity index (χ0v) is 19.0. The fraction of sp³-hybridized carbons (Fsp3) is 0.500. The Morgan fingerprint density at radius 3 is 2.65 bits per heavy atom. The zero-order chi connectivity index (χ0) is 22.4. The number of hydrogen-bond donors (Lipinski definition) is 1. The first-order valence-corrected chi connectivity index (χ1v) is 11.3. The first-order chi connectivity index (χ1) is 14.9. The summed E-state index contributed by atoms with van der Waals surface area (Å²) in [5.74, 6) is -0.845. The molecule has 168 valence electrons. The molecule has 0 atom stereocenters. The van der Waals surface area contributed by atoms with Gasteiger partial charge in [-0.2, -0.15) is 0 Å². The van der Waals surface area contributed by atoms with E-state index >= 15 is 0 Å². The number of hydrogen-bond acceptors (Lipinski definition) is 7. The lowest BCUT2D eigenvalue weighted by Crippen LogP contribution is -2.44. The van der Waals surface area contributed by atoms with Crippen molar-refractivity contribution in [3.05, 3.63) is 44.9 Å². The predicted molar refractivity (Wildman–Crippen MR) is 118 cm³/mol. The molecule has 0 radical (unpaired) electrons. The molecule has 2 aromatic heterocycles. The second-order valence-corrected chi connectivity index (χ2v) is 8.37. The number of carbonyl (C=O) groups excluding carboxylic acids is 3. The quantitative estimate of drug-likeness (QED) is 0.469. The van der Waals surface area contributed by atoms with Gasteiger partial charge < -0.3 is 19.4 Å². The Kier molecular flexibility index (Phi) is 8.00. The number of morpholine rings is 1. The van der Waals surface area contributed by atoms with Crippen molar-refractivity contribution in [1.29, 1.82) is 0 Å². The molecule has 1 fully saturated rings. The van der Waals surface area contributed by atoms with Gasteiger partial charge >= 0.3 is 5.97 Å². The lowest BCUT2D eigenvalue weighted by Gasteiger charge is -2.29. The fourth-order valence-electron chi connectivity index (χ4n) is 3.72. The molecule has 3 rings (SSSR count). The Labute approximate surface area is 186 Å². The highest BCUT2D eigenvalue weighted by Crippen LogP contribution is 2.21. The van der Waals surface area contributed by atoms with E-state index in [9.17, 15) is 14.4 Å². The van der Waals surface area contributed by atoms with Gasteiger partial charge in [0.05, 0.1) is 31.2 Å². The lowest BCUT2D eigenvalue weighted by molar-refractivity contribution is 0.0324. The number of nitrogens with one attached hydrogen (secondary N) is 1. The number of ether oxygens (including phenoxy) is 2. The average molecular weight is 448 g/mol. The van der Waals surface area contributed by atoms with Crippen LogP contribution in [-0.4, -0.2) is 85.0 Å². The smallest absolute Gasteiger partial charge is 0.355 e. The van der Waals surface area contributed by atoms with Gasteiger partial charge in [0.15, 0.2) is 5.78 Å². The summed E-state index contributed by atoms with van der Waals surface area (Å²) in [6.07, 6.45) is 0. The van der Waals surface area contributed by atoms with Crippen LogP contribution in [0.25, 0.3) is 0 Å². The first kappa shape index (κ1) is 23.2. The molecule has 0 unspecified atom stereocenters. The summed E-state index contributed by atoms with van der Waals surface area (Å²) < 4.78 is 10.5. The Hall–Kier alpha value is -2.49. The minimum absolute atomic E-state index is 0.0527. The highest BCUT2D eigenvalue weighted by Gasteiger charge is 2.27. The molecule has 0 aliphatic carbocycles. The molecule has 3 heterocycles. The van der Waals surface area contributed by atoms with Crippen molar-refractivity contribution in [2.24, 2.45) is 0 Å². The SMILES string of the molecule is CCOC(=O)c1[nH]c(C)c(C(=O)CN(CCN2CCOCC2)C(=O)c2cccs2)c1C. The van der Waals surface area contributed by atoms with E-state index in [1.165, 1.54) is 11.3 Å². The number of Topliss-reactive ketones (excluding diaryl/α,β-unsaturated/α-hetero) is 1. The third-order valence-electron chi connectivity index (χ3n) is 5.34. The normalized spacial score (nSPS) is 14.4. The van der Waals surface area contributed by atoms with Gasteiger partial charge in [-0.15, -0.1) is 11.3 Å². The van der Waals surface area contributed by atoms with Crippen molar-refractivity contribution in [2.45, 2.75) is 20.8 Å². The predicted octanol–water partition coefficient (Wildman–Crippen LogP) is 2.53. The van der Waals surface area contributed by atoms with Gasteiger partial charge in [-0.25, -0.2) is 4.79 Å². The van der Waals surface area contributed by atoms with Crippen LogP contribution in [0.1, 0.15) is 48.7 Å². The molecule has 1 N–H and O–H groups in total. The van der Waals surface area contributed by atoms with E-state index in [0.29, 0.717) is 48.0 Å². The largest absolute Gasteiger partial charge is 0.461 e. The molecule has 1 aliphatic heterocycles. The number of ketones is 1. The summed E-state index contributed by atoms with van der Waals surface area (Å²) >= 11 is 1.36. The molecule has 31 heavy (non-hydrogen) atoms. The standard InChI is InChI=1S/C22H29N3O5S/c1-4-30-22(28)20-15(2)19(16(3)23-20)17(26)14-25(21(27)18-6-5-13-31-18)8-7-24-9-11-29-12-10-24/h5-6,13,23H,4,7-12,14H2,1-3H3. The summed E-state index contributed by atoms with van der Waals surface area (Å²) in [6.45, 7) is 9.51. The van der Waals surface area contributed by atoms with Gasteiger partial charge in [-0.3, -0.25) is 14.5 Å². The van der Waals surface area contributed by atoms with Gasteiger partial charge in [0.25, 0.3) is 5.91 Å². The van der Waals surface area contributed by atoms with E-state index in [4.69, 9.17) is 9.47 Å². The Bertz CT molecular complexity index is 916. The van der Waals surface area contributed by atoms with Crippen LogP contribution in [0.15, 0.2) is 17.5 Å². The molecule has 0 aromatic carbocycles. The van der Waals surface area contributed by atoms with Crippen molar-refractivity contribution >= 4 is 29.0 Å². The van der Waals surface area contributed by atoms with Crippen LogP contribution in [0, 0.1) is 13.8 Å². The maximum atomic E-state index is 13.2. The maximum absolute atomic E-state index is 13.2. The molecule has 1 amide bonds. The summed E-state index contributed by atoms with van der Waals surface area (Å²) in [7, 11) is 0. The third-order valence-corrected chi connectivity index (χ3v) is 6.20. The Balaban J connectivity index is 1.77. The van der Waals surface area contributed by atoms with Crippen LogP contribution < -0.4 is 0 Å². The van der Waals surface area contributed by atoms with Crippen molar-refractivity contribution in [1.82, 2.24) is 14.8 Å². The number of rotatable bonds is 9. The van der Waals surface area contributed by atoms with Gasteiger partial charge in [-0.1, -0.05) is 6.07 Å². The number of carbonyl (C=O) groups is 3. The summed E-state index contributed by atoms with van der Waals surface area (Å²) in [6, 6.07) is 3.59. The third kappa shape index (κ3) is 5.61. The molecule has 9 heteroatoms. The van der Waals surface area contributed by atoms with E-state index in [-0.39, 0.29) is 30.5 Å². The number of thiophene rings is 1. The topological polar surface area (TPSA) is 91.9 Å². The van der Waals surface area contributed by atoms with Crippen molar-refractivity contribution < 1.29 is 23.9 Å². The van der Waals surface area contributed by atoms with E-state index in [2.05, 4.69) is 9.88 Å². The van der Waals surface area contributed by atoms with Crippen molar-refractivity contribution in [3.8, 4) is 0 Å². The summed E-state index contributed by atoms with van der Waals surface area (Å²) in [5, 5.41) is 1.85. The van der Waals surface area contributed by atoms with E-state index in [1.54, 1.807) is 31.7 Å². The second-order valence-electron chi connectivity index (χ2n) is 7.43. The maximum Gasteiger partial charge on any atom is 0.355 e. The van der Waals surface area contributed by atoms with Gasteiger partial charge in [0, 0.05) is 37.4 Å². The summed E-state index contributed by atoms with van der Waals surface area (Å²) in [5.41, 5.74) is 1.88. The lowest BCUT2D eigenvalue weighted by atomic mass is 10.0. The number of esters is 1. The molecule has 1 aliphatic rings. The van der Waals surface area contributed by atoms with Crippen molar-refractivity contribution in [2.75, 3.05) is 52.5 Å². The van der Waals surface area contributed by atoms with E-state index < -0.39 is 5.97 Å². The number of nitrogens with zero attached hydrogens (tertiary/aromatic N) is 2.